The van der Waals surface area contributed by atoms with Crippen LogP contribution in [0.5, 0.6) is 0 Å². The summed E-state index contributed by atoms with van der Waals surface area (Å²) in [6.07, 6.45) is 5.49. The van der Waals surface area contributed by atoms with Crippen LogP contribution in [0.4, 0.5) is 0 Å². The van der Waals surface area contributed by atoms with E-state index in [1.54, 1.807) is 0 Å². The zero-order valence-corrected chi connectivity index (χ0v) is 7.47. The monoisotopic (exact) mass is 160 g/mol. The maximum atomic E-state index is 2.25. The van der Waals surface area contributed by atoms with Crippen molar-refractivity contribution >= 4 is 20.2 Å². The maximum Gasteiger partial charge on any atom is 0.0814 e. The van der Waals surface area contributed by atoms with Crippen LogP contribution < -0.4 is 0 Å². The summed E-state index contributed by atoms with van der Waals surface area (Å²) >= 11 is 2.10. The lowest BCUT2D eigenvalue weighted by Gasteiger charge is -1.96. The highest BCUT2D eigenvalue weighted by Gasteiger charge is 1.85. The van der Waals surface area contributed by atoms with Gasteiger partial charge in [0.25, 0.3) is 0 Å². The second kappa shape index (κ2) is 12.1. The van der Waals surface area contributed by atoms with Gasteiger partial charge in [-0.2, -0.15) is 11.8 Å². The molecule has 10 heavy (non-hydrogen) atoms. The minimum atomic E-state index is 0. The first-order valence-corrected chi connectivity index (χ1v) is 5.15. The highest BCUT2D eigenvalue weighted by molar-refractivity contribution is 7.99. The van der Waals surface area contributed by atoms with E-state index in [1.165, 1.54) is 37.2 Å². The molecule has 0 radical (unpaired) electrons. The van der Waals surface area contributed by atoms with E-state index in [2.05, 4.69) is 25.6 Å². The van der Waals surface area contributed by atoms with Crippen LogP contribution in [0.15, 0.2) is 0 Å². The molecule has 62 valence electrons. The van der Waals surface area contributed by atoms with Crippen molar-refractivity contribution in [2.75, 3.05) is 11.5 Å². The first-order chi connectivity index (χ1) is 4.41. The minimum absolute atomic E-state index is 0. The third kappa shape index (κ3) is 11.2. The molecule has 0 aromatic rings. The molecule has 0 bridgehead atoms. The fourth-order valence-electron chi connectivity index (χ4n) is 0.595. The summed E-state index contributed by atoms with van der Waals surface area (Å²) in [5.41, 5.74) is 0. The van der Waals surface area contributed by atoms with Crippen molar-refractivity contribution in [3.05, 3.63) is 0 Å². The molecule has 0 saturated carbocycles. The van der Waals surface area contributed by atoms with Crippen LogP contribution in [0.25, 0.3) is 0 Å². The van der Waals surface area contributed by atoms with Gasteiger partial charge in [-0.15, -0.1) is 0 Å². The molecule has 0 rings (SSSR count). The van der Waals surface area contributed by atoms with Crippen LogP contribution >= 0.6 is 11.8 Å². The van der Waals surface area contributed by atoms with E-state index in [0.717, 1.165) is 0 Å². The summed E-state index contributed by atoms with van der Waals surface area (Å²) < 4.78 is 0. The molecule has 0 saturated heterocycles. The fourth-order valence-corrected chi connectivity index (χ4v) is 1.78. The molecular weight excluding hydrogens is 139 g/mol. The van der Waals surface area contributed by atoms with Gasteiger partial charge in [0.05, 0.1) is 8.41 Å². The first-order valence-electron chi connectivity index (χ1n) is 3.99. The van der Waals surface area contributed by atoms with Gasteiger partial charge in [-0.1, -0.05) is 26.7 Å². The molecule has 0 atom stereocenters. The Morgan fingerprint density at radius 1 is 0.900 bits per heavy atom. The largest absolute Gasteiger partial charge is 0.162 e. The van der Waals surface area contributed by atoms with Gasteiger partial charge >= 0.3 is 0 Å². The third-order valence-electron chi connectivity index (χ3n) is 1.28. The summed E-state index contributed by atoms with van der Waals surface area (Å²) in [6, 6.07) is 0. The lowest BCUT2D eigenvalue weighted by Crippen LogP contribution is -1.81. The topological polar surface area (TPSA) is 0 Å². The first kappa shape index (κ1) is 13.0. The standard InChI is InChI=1S/C8H18S.BH3/c1-3-5-7-9-8-6-4-2;/h3-8H2,1-2H3;1H3. The van der Waals surface area contributed by atoms with Crippen molar-refractivity contribution in [1.29, 1.82) is 0 Å². The van der Waals surface area contributed by atoms with Crippen LogP contribution in [0.1, 0.15) is 39.5 Å². The number of thioether (sulfide) groups is 1. The van der Waals surface area contributed by atoms with E-state index in [0.29, 0.717) is 0 Å². The molecule has 0 amide bonds. The Hall–Kier alpha value is 0.415. The molecular formula is C8H21BS. The number of unbranched alkanes of at least 4 members (excludes halogenated alkanes) is 2. The number of rotatable bonds is 6. The summed E-state index contributed by atoms with van der Waals surface area (Å²) in [5, 5.41) is 0. The van der Waals surface area contributed by atoms with Crippen molar-refractivity contribution in [3.8, 4) is 0 Å². The van der Waals surface area contributed by atoms with Crippen LogP contribution in [0.3, 0.4) is 0 Å². The van der Waals surface area contributed by atoms with Gasteiger partial charge in [0.1, 0.15) is 0 Å². The minimum Gasteiger partial charge on any atom is -0.162 e. The van der Waals surface area contributed by atoms with Gasteiger partial charge in [0, 0.05) is 0 Å². The van der Waals surface area contributed by atoms with E-state index in [1.807, 2.05) is 0 Å². The van der Waals surface area contributed by atoms with Crippen molar-refractivity contribution in [1.82, 2.24) is 0 Å². The molecule has 0 spiro atoms. The Labute approximate surface area is 71.7 Å². The predicted octanol–water partition coefficient (Wildman–Crippen LogP) is 2.14. The Bertz CT molecular complexity index is 42.5. The SMILES string of the molecule is B.CCCCSCCCC. The molecule has 0 fully saturated rings. The molecule has 0 N–H and O–H groups in total. The Kier molecular flexibility index (Phi) is 15.8. The Balaban J connectivity index is 0. The van der Waals surface area contributed by atoms with Crippen LogP contribution in [-0.2, 0) is 0 Å². The van der Waals surface area contributed by atoms with E-state index in [-0.39, 0.29) is 8.41 Å². The lowest BCUT2D eigenvalue weighted by molar-refractivity contribution is 0.879. The van der Waals surface area contributed by atoms with E-state index in [4.69, 9.17) is 0 Å². The quantitative estimate of drug-likeness (QED) is 0.423. The molecule has 2 heteroatoms. The van der Waals surface area contributed by atoms with Crippen molar-refractivity contribution < 1.29 is 0 Å². The third-order valence-corrected chi connectivity index (χ3v) is 2.44. The molecule has 0 aromatic heterocycles. The molecule has 0 nitrogen and oxygen atoms in total. The zero-order valence-electron chi connectivity index (χ0n) is 6.65. The summed E-state index contributed by atoms with van der Waals surface area (Å²) in [4.78, 5) is 0. The van der Waals surface area contributed by atoms with Gasteiger partial charge in [0.2, 0.25) is 0 Å². The molecule has 0 aliphatic heterocycles. The molecule has 0 aliphatic rings. The van der Waals surface area contributed by atoms with Crippen LogP contribution in [0.2, 0.25) is 0 Å². The normalized spacial score (nSPS) is 9.00. The summed E-state index contributed by atoms with van der Waals surface area (Å²) in [6.45, 7) is 4.50. The van der Waals surface area contributed by atoms with Gasteiger partial charge in [0.15, 0.2) is 0 Å². The molecule has 0 aliphatic carbocycles. The van der Waals surface area contributed by atoms with Crippen molar-refractivity contribution in [3.63, 3.8) is 0 Å². The smallest absolute Gasteiger partial charge is 0.0814 e. The molecule has 0 heterocycles. The summed E-state index contributed by atoms with van der Waals surface area (Å²) in [7, 11) is 0. The average molecular weight is 160 g/mol. The fraction of sp³-hybridized carbons (Fsp3) is 1.00. The molecule has 0 unspecified atom stereocenters. The number of hydrogen-bond donors (Lipinski definition) is 0. The lowest BCUT2D eigenvalue weighted by atomic mass is 10.4. The van der Waals surface area contributed by atoms with E-state index >= 15 is 0 Å². The Morgan fingerprint density at radius 3 is 1.60 bits per heavy atom. The second-order valence-electron chi connectivity index (χ2n) is 2.32. The average Bonchev–Trinajstić information content (AvgIpc) is 1.89. The summed E-state index contributed by atoms with van der Waals surface area (Å²) in [5.74, 6) is 2.74. The molecule has 0 aromatic carbocycles. The number of hydrogen-bond acceptors (Lipinski definition) is 1. The van der Waals surface area contributed by atoms with Gasteiger partial charge in [-0.05, 0) is 24.3 Å². The highest BCUT2D eigenvalue weighted by Crippen LogP contribution is 2.06. The second-order valence-corrected chi connectivity index (χ2v) is 3.54. The van der Waals surface area contributed by atoms with Crippen molar-refractivity contribution in [2.24, 2.45) is 0 Å². The highest BCUT2D eigenvalue weighted by atomic mass is 32.2. The maximum absolute atomic E-state index is 2.25. The van der Waals surface area contributed by atoms with Crippen molar-refractivity contribution in [2.45, 2.75) is 39.5 Å². The van der Waals surface area contributed by atoms with E-state index in [9.17, 15) is 0 Å². The van der Waals surface area contributed by atoms with Crippen LogP contribution in [0, 0.1) is 0 Å². The Morgan fingerprint density at radius 2 is 1.30 bits per heavy atom. The zero-order chi connectivity index (χ0) is 6.95. The van der Waals surface area contributed by atoms with Gasteiger partial charge in [-0.25, -0.2) is 0 Å². The predicted molar refractivity (Wildman–Crippen MR) is 57.1 cm³/mol. The van der Waals surface area contributed by atoms with Gasteiger partial charge in [-0.3, -0.25) is 0 Å². The van der Waals surface area contributed by atoms with E-state index < -0.39 is 0 Å². The van der Waals surface area contributed by atoms with Crippen LogP contribution in [-0.4, -0.2) is 19.9 Å². The van der Waals surface area contributed by atoms with Gasteiger partial charge < -0.3 is 0 Å².